The molecule has 2 unspecified atom stereocenters. The number of hydrogen-bond acceptors (Lipinski definition) is 6. The van der Waals surface area contributed by atoms with E-state index in [-0.39, 0.29) is 37.4 Å². The second-order valence-electron chi connectivity index (χ2n) is 13.9. The van der Waals surface area contributed by atoms with Crippen LogP contribution >= 0.6 is 0 Å². The van der Waals surface area contributed by atoms with Crippen LogP contribution in [0.1, 0.15) is 58.8 Å². The lowest BCUT2D eigenvalue weighted by Gasteiger charge is -2.37. The van der Waals surface area contributed by atoms with Crippen LogP contribution in [0.25, 0.3) is 10.8 Å². The molecule has 3 aliphatic rings. The third kappa shape index (κ3) is 6.46. The summed E-state index contributed by atoms with van der Waals surface area (Å²) in [6, 6.07) is 20.4. The van der Waals surface area contributed by atoms with Gasteiger partial charge in [-0.3, -0.25) is 14.4 Å². The van der Waals surface area contributed by atoms with Crippen molar-refractivity contribution in [2.24, 2.45) is 11.8 Å². The normalized spacial score (nSPS) is 24.8. The molecule has 0 aliphatic carbocycles. The SMILES string of the molecule is C=CCN(C(=O)C1N(CCCCCCO)C(=O)[C@@H]2[C@H](C(=O)N(CC=C)c3ccc(OCC)cc3)[C@]3(CC)CCC12O3)c1ccc2ccccc2c1. The van der Waals surface area contributed by atoms with Crippen LogP contribution in [0, 0.1) is 11.8 Å². The fourth-order valence-electron chi connectivity index (χ4n) is 8.81. The predicted octanol–water partition coefficient (Wildman–Crippen LogP) is 6.68. The van der Waals surface area contributed by atoms with E-state index in [1.807, 2.05) is 80.6 Å². The molecule has 3 amide bonds. The highest BCUT2D eigenvalue weighted by molar-refractivity contribution is 6.07. The number of carbonyl (C=O) groups is 3. The number of aliphatic hydroxyl groups is 1. The molecule has 5 atom stereocenters. The van der Waals surface area contributed by atoms with Crippen LogP contribution in [0.3, 0.4) is 0 Å². The number of aliphatic hydroxyl groups excluding tert-OH is 1. The van der Waals surface area contributed by atoms with Crippen LogP contribution in [0.5, 0.6) is 5.75 Å². The van der Waals surface area contributed by atoms with E-state index in [0.717, 1.165) is 23.6 Å². The Kier molecular flexibility index (Phi) is 11.0. The number of ether oxygens (including phenoxy) is 2. The molecule has 3 fully saturated rings. The van der Waals surface area contributed by atoms with Crippen molar-refractivity contribution in [1.82, 2.24) is 4.90 Å². The van der Waals surface area contributed by atoms with Crippen LogP contribution in [-0.4, -0.2) is 77.8 Å². The summed E-state index contributed by atoms with van der Waals surface area (Å²) in [6.45, 7) is 13.3. The topological polar surface area (TPSA) is 99.6 Å². The summed E-state index contributed by atoms with van der Waals surface area (Å²) in [6.07, 6.45) is 7.97. The molecule has 6 rings (SSSR count). The second-order valence-corrected chi connectivity index (χ2v) is 13.9. The number of fused-ring (bicyclic) bond motifs is 2. The summed E-state index contributed by atoms with van der Waals surface area (Å²) >= 11 is 0. The Balaban J connectivity index is 1.41. The summed E-state index contributed by atoms with van der Waals surface area (Å²) in [5.74, 6) is -1.52. The van der Waals surface area contributed by atoms with E-state index in [9.17, 15) is 14.7 Å². The largest absolute Gasteiger partial charge is 0.494 e. The summed E-state index contributed by atoms with van der Waals surface area (Å²) in [4.78, 5) is 50.1. The van der Waals surface area contributed by atoms with Gasteiger partial charge in [0.2, 0.25) is 11.8 Å². The third-order valence-electron chi connectivity index (χ3n) is 11.1. The average Bonchev–Trinajstić information content (AvgIpc) is 3.76. The molecule has 2 bridgehead atoms. The van der Waals surface area contributed by atoms with E-state index in [2.05, 4.69) is 13.2 Å². The number of rotatable bonds is 17. The van der Waals surface area contributed by atoms with E-state index in [1.54, 1.807) is 26.9 Å². The maximum absolute atomic E-state index is 15.2. The monoisotopic (exact) mass is 693 g/mol. The van der Waals surface area contributed by atoms with Gasteiger partial charge >= 0.3 is 0 Å². The molecule has 0 radical (unpaired) electrons. The van der Waals surface area contributed by atoms with E-state index >= 15 is 4.79 Å². The zero-order valence-corrected chi connectivity index (χ0v) is 30.0. The average molecular weight is 694 g/mol. The molecule has 270 valence electrons. The molecule has 1 spiro atoms. The van der Waals surface area contributed by atoms with Gasteiger partial charge in [0.1, 0.15) is 17.4 Å². The number of likely N-dealkylation sites (tertiary alicyclic amines) is 1. The molecule has 0 saturated carbocycles. The Labute approximate surface area is 301 Å². The zero-order valence-electron chi connectivity index (χ0n) is 30.0. The Morgan fingerprint density at radius 2 is 1.57 bits per heavy atom. The Morgan fingerprint density at radius 3 is 2.24 bits per heavy atom. The highest BCUT2D eigenvalue weighted by atomic mass is 16.5. The first-order chi connectivity index (χ1) is 24.8. The van der Waals surface area contributed by atoms with Gasteiger partial charge in [-0.15, -0.1) is 13.2 Å². The molecule has 9 nitrogen and oxygen atoms in total. The van der Waals surface area contributed by atoms with Gasteiger partial charge in [-0.2, -0.15) is 0 Å². The van der Waals surface area contributed by atoms with Gasteiger partial charge in [-0.05, 0) is 86.2 Å². The Bertz CT molecular complexity index is 1760. The minimum atomic E-state index is -1.16. The lowest BCUT2D eigenvalue weighted by atomic mass is 9.64. The molecule has 9 heteroatoms. The number of nitrogens with zero attached hydrogens (tertiary/aromatic N) is 3. The first-order valence-corrected chi connectivity index (χ1v) is 18.5. The number of anilines is 2. The summed E-state index contributed by atoms with van der Waals surface area (Å²) in [5.41, 5.74) is -0.657. The highest BCUT2D eigenvalue weighted by Gasteiger charge is 2.79. The van der Waals surface area contributed by atoms with Crippen LogP contribution in [0.2, 0.25) is 0 Å². The first-order valence-electron chi connectivity index (χ1n) is 18.5. The van der Waals surface area contributed by atoms with Crippen LogP contribution in [0.15, 0.2) is 92.0 Å². The van der Waals surface area contributed by atoms with Crippen molar-refractivity contribution in [3.05, 3.63) is 92.0 Å². The fraction of sp³-hybridized carbons (Fsp3) is 0.452. The molecule has 3 heterocycles. The molecule has 1 N–H and O–H groups in total. The lowest BCUT2D eigenvalue weighted by Crippen LogP contribution is -2.56. The molecule has 3 saturated heterocycles. The summed E-state index contributed by atoms with van der Waals surface area (Å²) in [5, 5.41) is 11.4. The van der Waals surface area contributed by atoms with Gasteiger partial charge in [0, 0.05) is 37.6 Å². The zero-order chi connectivity index (χ0) is 36.2. The Morgan fingerprint density at radius 1 is 0.902 bits per heavy atom. The van der Waals surface area contributed by atoms with Gasteiger partial charge in [0.05, 0.1) is 24.0 Å². The molecule has 3 aromatic carbocycles. The van der Waals surface area contributed by atoms with Crippen molar-refractivity contribution in [1.29, 1.82) is 0 Å². The van der Waals surface area contributed by atoms with E-state index < -0.39 is 29.1 Å². The quantitative estimate of drug-likeness (QED) is 0.125. The molecule has 3 aliphatic heterocycles. The molecule has 3 aromatic rings. The standard InChI is InChI=1S/C42H51N3O6/c1-5-25-43(32-19-21-34(22-20-32)50-8-4)38(47)35-36-39(48)45(27-13-9-10-14-28-46)37(42(36)24-23-41(35,7-3)51-42)40(49)44(26-6-2)33-18-17-30-15-11-12-16-31(30)29-33/h5-6,11-12,15-22,29,35-37,46H,1-2,7-10,13-14,23-28H2,3-4H3/t35-,36+,37?,41+,42?/m1/s1. The smallest absolute Gasteiger partial charge is 0.253 e. The highest BCUT2D eigenvalue weighted by Crippen LogP contribution is 2.65. The minimum absolute atomic E-state index is 0.115. The predicted molar refractivity (Wildman–Crippen MR) is 201 cm³/mol. The van der Waals surface area contributed by atoms with E-state index in [4.69, 9.17) is 9.47 Å². The van der Waals surface area contributed by atoms with Gasteiger partial charge in [-0.1, -0.05) is 62.2 Å². The number of hydrogen-bond donors (Lipinski definition) is 1. The molecular formula is C42H51N3O6. The van der Waals surface area contributed by atoms with Crippen molar-refractivity contribution in [3.8, 4) is 5.75 Å². The van der Waals surface area contributed by atoms with Gasteiger partial charge < -0.3 is 29.3 Å². The van der Waals surface area contributed by atoms with Crippen molar-refractivity contribution in [2.75, 3.05) is 42.6 Å². The number of carbonyl (C=O) groups excluding carboxylic acids is 3. The fourth-order valence-corrected chi connectivity index (χ4v) is 8.81. The maximum Gasteiger partial charge on any atom is 0.253 e. The lowest BCUT2D eigenvalue weighted by molar-refractivity contribution is -0.146. The Hall–Kier alpha value is -4.47. The van der Waals surface area contributed by atoms with Crippen molar-refractivity contribution in [3.63, 3.8) is 0 Å². The summed E-state index contributed by atoms with van der Waals surface area (Å²) in [7, 11) is 0. The minimum Gasteiger partial charge on any atom is -0.494 e. The summed E-state index contributed by atoms with van der Waals surface area (Å²) < 4.78 is 12.8. The second kappa shape index (κ2) is 15.4. The molecular weight excluding hydrogens is 642 g/mol. The van der Waals surface area contributed by atoms with Gasteiger partial charge in [0.25, 0.3) is 5.91 Å². The van der Waals surface area contributed by atoms with Gasteiger partial charge in [0.15, 0.2) is 0 Å². The van der Waals surface area contributed by atoms with Crippen LogP contribution < -0.4 is 14.5 Å². The maximum atomic E-state index is 15.2. The number of benzene rings is 3. The van der Waals surface area contributed by atoms with Crippen molar-refractivity contribution < 1.29 is 29.0 Å². The van der Waals surface area contributed by atoms with E-state index in [0.29, 0.717) is 62.4 Å². The number of amides is 3. The number of unbranched alkanes of at least 4 members (excludes halogenated alkanes) is 3. The van der Waals surface area contributed by atoms with Crippen LogP contribution in [-0.2, 0) is 19.1 Å². The molecule has 0 aromatic heterocycles. The molecule has 51 heavy (non-hydrogen) atoms. The van der Waals surface area contributed by atoms with Crippen molar-refractivity contribution >= 4 is 39.9 Å². The third-order valence-corrected chi connectivity index (χ3v) is 11.1. The van der Waals surface area contributed by atoms with E-state index in [1.165, 1.54) is 0 Å². The first kappa shape index (κ1) is 36.3. The van der Waals surface area contributed by atoms with Gasteiger partial charge in [-0.25, -0.2) is 0 Å². The van der Waals surface area contributed by atoms with Crippen molar-refractivity contribution in [2.45, 2.75) is 76.0 Å². The van der Waals surface area contributed by atoms with Crippen LogP contribution in [0.4, 0.5) is 11.4 Å².